The summed E-state index contributed by atoms with van der Waals surface area (Å²) in [5.41, 5.74) is 2.60. The first-order valence-corrected chi connectivity index (χ1v) is 9.34. The highest BCUT2D eigenvalue weighted by molar-refractivity contribution is 7.90. The Bertz CT molecular complexity index is 1020. The maximum absolute atomic E-state index is 13.5. The standard InChI is InChI=1S/C18H17FN2O2S/c19-16-3-1-14-7-10-21(18(14)12-16)24(22,23)17-4-2-13-5-8-20-9-6-15(13)11-17/h1-4,7,10-12,20H,5-6,8-9H2. The summed E-state index contributed by atoms with van der Waals surface area (Å²) < 4.78 is 40.7. The molecule has 0 atom stereocenters. The highest BCUT2D eigenvalue weighted by Crippen LogP contribution is 2.25. The van der Waals surface area contributed by atoms with E-state index in [4.69, 9.17) is 0 Å². The van der Waals surface area contributed by atoms with Crippen LogP contribution >= 0.6 is 0 Å². The topological polar surface area (TPSA) is 51.1 Å². The minimum absolute atomic E-state index is 0.241. The number of nitrogens with one attached hydrogen (secondary N) is 1. The molecule has 0 saturated carbocycles. The third-order valence-corrected chi connectivity index (χ3v) is 6.18. The first-order chi connectivity index (χ1) is 11.6. The van der Waals surface area contributed by atoms with Crippen LogP contribution in [-0.2, 0) is 22.9 Å². The molecule has 2 aromatic carbocycles. The van der Waals surface area contributed by atoms with Crippen molar-refractivity contribution in [1.82, 2.24) is 9.29 Å². The number of aromatic nitrogens is 1. The lowest BCUT2D eigenvalue weighted by atomic mass is 10.0. The maximum atomic E-state index is 13.5. The molecule has 4 rings (SSSR count). The average Bonchev–Trinajstić information content (AvgIpc) is 2.84. The van der Waals surface area contributed by atoms with Crippen LogP contribution in [0.2, 0.25) is 0 Å². The molecule has 0 amide bonds. The van der Waals surface area contributed by atoms with Crippen LogP contribution in [0, 0.1) is 5.82 Å². The van der Waals surface area contributed by atoms with Gasteiger partial charge in [0.2, 0.25) is 0 Å². The minimum Gasteiger partial charge on any atom is -0.316 e. The van der Waals surface area contributed by atoms with E-state index >= 15 is 0 Å². The largest absolute Gasteiger partial charge is 0.316 e. The van der Waals surface area contributed by atoms with E-state index in [0.29, 0.717) is 10.9 Å². The van der Waals surface area contributed by atoms with Gasteiger partial charge in [-0.15, -0.1) is 0 Å². The Kier molecular flexibility index (Phi) is 3.66. The molecule has 6 heteroatoms. The first kappa shape index (κ1) is 15.4. The Labute approximate surface area is 140 Å². The molecular weight excluding hydrogens is 327 g/mol. The van der Waals surface area contributed by atoms with Crippen LogP contribution in [0.25, 0.3) is 10.9 Å². The molecular formula is C18H17FN2O2S. The van der Waals surface area contributed by atoms with Crippen LogP contribution in [0.5, 0.6) is 0 Å². The smallest absolute Gasteiger partial charge is 0.268 e. The van der Waals surface area contributed by atoms with E-state index in [9.17, 15) is 12.8 Å². The van der Waals surface area contributed by atoms with Gasteiger partial charge in [-0.1, -0.05) is 6.07 Å². The molecule has 1 aromatic heterocycles. The minimum atomic E-state index is -3.75. The molecule has 0 radical (unpaired) electrons. The van der Waals surface area contributed by atoms with Gasteiger partial charge in [0.05, 0.1) is 10.4 Å². The van der Waals surface area contributed by atoms with Crippen molar-refractivity contribution in [1.29, 1.82) is 0 Å². The number of fused-ring (bicyclic) bond motifs is 2. The van der Waals surface area contributed by atoms with Crippen molar-refractivity contribution in [3.8, 4) is 0 Å². The van der Waals surface area contributed by atoms with Crippen LogP contribution in [0.3, 0.4) is 0 Å². The monoisotopic (exact) mass is 344 g/mol. The predicted molar refractivity (Wildman–Crippen MR) is 91.2 cm³/mol. The molecule has 1 aliphatic heterocycles. The Hall–Kier alpha value is -2.18. The summed E-state index contributed by atoms with van der Waals surface area (Å²) in [7, 11) is -3.75. The van der Waals surface area contributed by atoms with Gasteiger partial charge in [-0.3, -0.25) is 0 Å². The molecule has 0 aliphatic carbocycles. The van der Waals surface area contributed by atoms with Crippen LogP contribution in [0.4, 0.5) is 4.39 Å². The molecule has 124 valence electrons. The molecule has 3 aromatic rings. The summed E-state index contributed by atoms with van der Waals surface area (Å²) in [5, 5.41) is 4.01. The van der Waals surface area contributed by atoms with Crippen molar-refractivity contribution in [2.24, 2.45) is 0 Å². The van der Waals surface area contributed by atoms with E-state index in [0.717, 1.165) is 35.5 Å². The fraction of sp³-hybridized carbons (Fsp3) is 0.222. The maximum Gasteiger partial charge on any atom is 0.268 e. The van der Waals surface area contributed by atoms with Crippen LogP contribution < -0.4 is 5.32 Å². The number of nitrogens with zero attached hydrogens (tertiary/aromatic N) is 1. The van der Waals surface area contributed by atoms with Gasteiger partial charge in [0.1, 0.15) is 5.82 Å². The average molecular weight is 344 g/mol. The van der Waals surface area contributed by atoms with Gasteiger partial charge in [-0.2, -0.15) is 0 Å². The van der Waals surface area contributed by atoms with Crippen LogP contribution in [-0.4, -0.2) is 25.5 Å². The highest BCUT2D eigenvalue weighted by atomic mass is 32.2. The lowest BCUT2D eigenvalue weighted by Gasteiger charge is -2.11. The fourth-order valence-corrected chi connectivity index (χ4v) is 4.61. The van der Waals surface area contributed by atoms with Crippen LogP contribution in [0.15, 0.2) is 53.6 Å². The van der Waals surface area contributed by atoms with Crippen molar-refractivity contribution in [3.05, 3.63) is 65.6 Å². The van der Waals surface area contributed by atoms with Gasteiger partial charge in [0.15, 0.2) is 0 Å². The summed E-state index contributed by atoms with van der Waals surface area (Å²) in [5.74, 6) is -0.453. The Morgan fingerprint density at radius 3 is 2.58 bits per heavy atom. The second-order valence-corrected chi connectivity index (χ2v) is 7.82. The third kappa shape index (κ3) is 2.52. The molecule has 0 fully saturated rings. The van der Waals surface area contributed by atoms with Crippen molar-refractivity contribution < 1.29 is 12.8 Å². The number of halogens is 1. The first-order valence-electron chi connectivity index (χ1n) is 7.90. The normalized spacial score (nSPS) is 15.2. The van der Waals surface area contributed by atoms with Gasteiger partial charge in [-0.25, -0.2) is 16.8 Å². The summed E-state index contributed by atoms with van der Waals surface area (Å²) in [6.45, 7) is 1.74. The van der Waals surface area contributed by atoms with E-state index in [1.54, 1.807) is 24.3 Å². The van der Waals surface area contributed by atoms with E-state index in [-0.39, 0.29) is 4.90 Å². The molecule has 0 spiro atoms. The van der Waals surface area contributed by atoms with Crippen LogP contribution in [0.1, 0.15) is 11.1 Å². The van der Waals surface area contributed by atoms with Crippen molar-refractivity contribution >= 4 is 20.9 Å². The predicted octanol–water partition coefficient (Wildman–Crippen LogP) is 2.71. The van der Waals surface area contributed by atoms with Gasteiger partial charge < -0.3 is 5.32 Å². The second kappa shape index (κ2) is 5.72. The van der Waals surface area contributed by atoms with E-state index in [1.807, 2.05) is 6.07 Å². The molecule has 1 N–H and O–H groups in total. The molecule has 0 saturated heterocycles. The Morgan fingerprint density at radius 1 is 0.958 bits per heavy atom. The van der Waals surface area contributed by atoms with E-state index in [1.165, 1.54) is 23.9 Å². The molecule has 24 heavy (non-hydrogen) atoms. The lowest BCUT2D eigenvalue weighted by molar-refractivity contribution is 0.588. The number of hydrogen-bond acceptors (Lipinski definition) is 3. The number of hydrogen-bond donors (Lipinski definition) is 1. The fourth-order valence-electron chi connectivity index (χ4n) is 3.21. The van der Waals surface area contributed by atoms with Gasteiger partial charge >= 0.3 is 0 Å². The lowest BCUT2D eigenvalue weighted by Crippen LogP contribution is -2.16. The SMILES string of the molecule is O=S(=O)(c1ccc2c(c1)CCNCC2)n1ccc2ccc(F)cc21. The zero-order valence-corrected chi connectivity index (χ0v) is 13.8. The Balaban J connectivity index is 1.85. The zero-order chi connectivity index (χ0) is 16.7. The second-order valence-electron chi connectivity index (χ2n) is 6.00. The molecule has 2 heterocycles. The van der Waals surface area contributed by atoms with Gasteiger partial charge in [0, 0.05) is 11.6 Å². The number of benzene rings is 2. The number of rotatable bonds is 2. The molecule has 0 unspecified atom stereocenters. The van der Waals surface area contributed by atoms with E-state index < -0.39 is 15.8 Å². The highest BCUT2D eigenvalue weighted by Gasteiger charge is 2.21. The van der Waals surface area contributed by atoms with Gasteiger partial charge in [0.25, 0.3) is 10.0 Å². The van der Waals surface area contributed by atoms with Crippen molar-refractivity contribution in [2.45, 2.75) is 17.7 Å². The van der Waals surface area contributed by atoms with Gasteiger partial charge in [-0.05, 0) is 73.5 Å². The summed E-state index contributed by atoms with van der Waals surface area (Å²) in [4.78, 5) is 0.241. The Morgan fingerprint density at radius 2 is 1.75 bits per heavy atom. The molecule has 0 bridgehead atoms. The van der Waals surface area contributed by atoms with Crippen molar-refractivity contribution in [2.75, 3.05) is 13.1 Å². The quantitative estimate of drug-likeness (QED) is 0.778. The van der Waals surface area contributed by atoms with E-state index in [2.05, 4.69) is 5.32 Å². The van der Waals surface area contributed by atoms with Crippen molar-refractivity contribution in [3.63, 3.8) is 0 Å². The summed E-state index contributed by atoms with van der Waals surface area (Å²) in [6, 6.07) is 11.1. The zero-order valence-electron chi connectivity index (χ0n) is 13.0. The molecule has 4 nitrogen and oxygen atoms in total. The third-order valence-electron chi connectivity index (χ3n) is 4.50. The molecule has 1 aliphatic rings. The summed E-state index contributed by atoms with van der Waals surface area (Å²) >= 11 is 0. The summed E-state index contributed by atoms with van der Waals surface area (Å²) in [6.07, 6.45) is 3.18.